The number of rotatable bonds is 6. The second-order valence-electron chi connectivity index (χ2n) is 6.87. The summed E-state index contributed by atoms with van der Waals surface area (Å²) in [5, 5.41) is 2.59. The highest BCUT2D eigenvalue weighted by Gasteiger charge is 2.27. The maximum Gasteiger partial charge on any atom is 0.244 e. The molecule has 0 unspecified atom stereocenters. The van der Waals surface area contributed by atoms with Crippen molar-refractivity contribution in [2.24, 2.45) is 0 Å². The molecule has 1 aromatic rings. The standard InChI is InChI=1S/C18H27N5O5S/c1-2-17(24)20-14-18(25)22-7-5-21(6-8-22)16-4-3-15(13-19-16)29(26,27)23-9-11-28-12-10-23/h3-4,13H,2,5-12,14H2,1H3,(H,20,24). The Hall–Kier alpha value is -2.24. The third-order valence-electron chi connectivity index (χ3n) is 5.04. The number of anilines is 1. The number of hydrogen-bond acceptors (Lipinski definition) is 7. The normalized spacial score (nSPS) is 18.5. The van der Waals surface area contributed by atoms with Gasteiger partial charge >= 0.3 is 0 Å². The van der Waals surface area contributed by atoms with Crippen LogP contribution in [0.2, 0.25) is 0 Å². The van der Waals surface area contributed by atoms with Crippen molar-refractivity contribution >= 4 is 27.7 Å². The molecule has 3 heterocycles. The van der Waals surface area contributed by atoms with Gasteiger partial charge in [0.05, 0.1) is 19.8 Å². The lowest BCUT2D eigenvalue weighted by Crippen LogP contribution is -2.51. The zero-order valence-electron chi connectivity index (χ0n) is 16.5. The topological polar surface area (TPSA) is 112 Å². The Balaban J connectivity index is 1.55. The molecule has 0 bridgehead atoms. The molecule has 3 rings (SSSR count). The van der Waals surface area contributed by atoms with Gasteiger partial charge in [0.1, 0.15) is 10.7 Å². The number of piperazine rings is 1. The van der Waals surface area contributed by atoms with Crippen LogP contribution in [-0.4, -0.2) is 93.4 Å². The third kappa shape index (κ3) is 5.22. The minimum atomic E-state index is -3.56. The summed E-state index contributed by atoms with van der Waals surface area (Å²) >= 11 is 0. The van der Waals surface area contributed by atoms with Crippen molar-refractivity contribution in [3.63, 3.8) is 0 Å². The van der Waals surface area contributed by atoms with Crippen molar-refractivity contribution in [1.29, 1.82) is 0 Å². The van der Waals surface area contributed by atoms with Crippen molar-refractivity contribution in [2.45, 2.75) is 18.2 Å². The fraction of sp³-hybridized carbons (Fsp3) is 0.611. The zero-order valence-corrected chi connectivity index (χ0v) is 17.4. The minimum Gasteiger partial charge on any atom is -0.379 e. The molecule has 2 fully saturated rings. The lowest BCUT2D eigenvalue weighted by Gasteiger charge is -2.35. The number of nitrogens with zero attached hydrogens (tertiary/aromatic N) is 4. The first-order valence-corrected chi connectivity index (χ1v) is 11.2. The van der Waals surface area contributed by atoms with Crippen LogP contribution in [0.25, 0.3) is 0 Å². The van der Waals surface area contributed by atoms with E-state index in [2.05, 4.69) is 10.3 Å². The Morgan fingerprint density at radius 2 is 1.79 bits per heavy atom. The van der Waals surface area contributed by atoms with E-state index in [1.54, 1.807) is 24.0 Å². The molecule has 1 N–H and O–H groups in total. The van der Waals surface area contributed by atoms with Crippen molar-refractivity contribution in [3.8, 4) is 0 Å². The second-order valence-corrected chi connectivity index (χ2v) is 8.80. The number of nitrogens with one attached hydrogen (secondary N) is 1. The fourth-order valence-electron chi connectivity index (χ4n) is 3.24. The number of carbonyl (C=O) groups excluding carboxylic acids is 2. The smallest absolute Gasteiger partial charge is 0.244 e. The summed E-state index contributed by atoms with van der Waals surface area (Å²) in [4.78, 5) is 31.7. The number of pyridine rings is 1. The van der Waals surface area contributed by atoms with Gasteiger partial charge in [0, 0.05) is 51.9 Å². The summed E-state index contributed by atoms with van der Waals surface area (Å²) in [6.45, 7) is 5.48. The number of morpholine rings is 1. The van der Waals surface area contributed by atoms with E-state index in [-0.39, 0.29) is 23.3 Å². The zero-order chi connectivity index (χ0) is 20.9. The lowest BCUT2D eigenvalue weighted by molar-refractivity contribution is -0.133. The van der Waals surface area contributed by atoms with Crippen molar-refractivity contribution in [2.75, 3.05) is 63.9 Å². The van der Waals surface area contributed by atoms with Crippen LogP contribution in [0.3, 0.4) is 0 Å². The fourth-order valence-corrected chi connectivity index (χ4v) is 4.60. The Labute approximate surface area is 170 Å². The Morgan fingerprint density at radius 3 is 2.38 bits per heavy atom. The summed E-state index contributed by atoms with van der Waals surface area (Å²) in [7, 11) is -3.56. The number of aromatic nitrogens is 1. The number of sulfonamides is 1. The first-order valence-electron chi connectivity index (χ1n) is 9.75. The predicted molar refractivity (Wildman–Crippen MR) is 106 cm³/mol. The molecule has 2 aliphatic rings. The molecular weight excluding hydrogens is 398 g/mol. The van der Waals surface area contributed by atoms with E-state index < -0.39 is 10.0 Å². The second kappa shape index (κ2) is 9.51. The molecule has 0 aliphatic carbocycles. The highest BCUT2D eigenvalue weighted by Crippen LogP contribution is 2.20. The summed E-state index contributed by atoms with van der Waals surface area (Å²) in [6.07, 6.45) is 1.74. The summed E-state index contributed by atoms with van der Waals surface area (Å²) in [5.74, 6) is 0.428. The van der Waals surface area contributed by atoms with E-state index in [1.165, 1.54) is 10.5 Å². The van der Waals surface area contributed by atoms with E-state index in [4.69, 9.17) is 4.74 Å². The molecule has 0 atom stereocenters. The maximum atomic E-state index is 12.7. The van der Waals surface area contributed by atoms with Crippen LogP contribution >= 0.6 is 0 Å². The summed E-state index contributed by atoms with van der Waals surface area (Å²) in [5.41, 5.74) is 0. The number of hydrogen-bond donors (Lipinski definition) is 1. The molecular formula is C18H27N5O5S. The quantitative estimate of drug-likeness (QED) is 0.640. The van der Waals surface area contributed by atoms with Gasteiger partial charge in [-0.2, -0.15) is 4.31 Å². The minimum absolute atomic E-state index is 0.0129. The Morgan fingerprint density at radius 1 is 1.10 bits per heavy atom. The average Bonchev–Trinajstić information content (AvgIpc) is 2.78. The highest BCUT2D eigenvalue weighted by molar-refractivity contribution is 7.89. The van der Waals surface area contributed by atoms with Gasteiger partial charge in [-0.05, 0) is 12.1 Å². The van der Waals surface area contributed by atoms with Gasteiger partial charge in [0.15, 0.2) is 0 Å². The molecule has 160 valence electrons. The first-order chi connectivity index (χ1) is 13.9. The summed E-state index contributed by atoms with van der Waals surface area (Å²) in [6, 6.07) is 3.28. The Kier molecular flexibility index (Phi) is 7.04. The molecule has 0 saturated carbocycles. The van der Waals surface area contributed by atoms with Gasteiger partial charge in [0.25, 0.3) is 0 Å². The van der Waals surface area contributed by atoms with Gasteiger partial charge in [-0.1, -0.05) is 6.92 Å². The monoisotopic (exact) mass is 425 g/mol. The van der Waals surface area contributed by atoms with Gasteiger partial charge in [-0.25, -0.2) is 13.4 Å². The molecule has 0 aromatic carbocycles. The Bertz CT molecular complexity index is 816. The van der Waals surface area contributed by atoms with Crippen LogP contribution < -0.4 is 10.2 Å². The molecule has 11 heteroatoms. The summed E-state index contributed by atoms with van der Waals surface area (Å²) < 4.78 is 32.0. The lowest BCUT2D eigenvalue weighted by atomic mass is 10.3. The van der Waals surface area contributed by atoms with E-state index in [0.717, 1.165) is 0 Å². The van der Waals surface area contributed by atoms with Gasteiger partial charge in [0.2, 0.25) is 21.8 Å². The molecule has 29 heavy (non-hydrogen) atoms. The van der Waals surface area contributed by atoms with Gasteiger partial charge < -0.3 is 19.9 Å². The number of ether oxygens (including phenoxy) is 1. The van der Waals surface area contributed by atoms with Crippen LogP contribution in [0.15, 0.2) is 23.2 Å². The van der Waals surface area contributed by atoms with E-state index >= 15 is 0 Å². The van der Waals surface area contributed by atoms with Crippen LogP contribution in [-0.2, 0) is 24.3 Å². The van der Waals surface area contributed by atoms with Crippen LogP contribution in [0, 0.1) is 0 Å². The van der Waals surface area contributed by atoms with E-state index in [1.807, 2.05) is 4.90 Å². The number of amides is 2. The van der Waals surface area contributed by atoms with E-state index in [0.29, 0.717) is 64.7 Å². The van der Waals surface area contributed by atoms with Crippen LogP contribution in [0.4, 0.5) is 5.82 Å². The molecule has 0 spiro atoms. The number of carbonyl (C=O) groups is 2. The average molecular weight is 426 g/mol. The molecule has 2 saturated heterocycles. The molecule has 1 aromatic heterocycles. The van der Waals surface area contributed by atoms with Gasteiger partial charge in [-0.15, -0.1) is 0 Å². The van der Waals surface area contributed by atoms with Crippen molar-refractivity contribution in [1.82, 2.24) is 19.5 Å². The molecule has 10 nitrogen and oxygen atoms in total. The van der Waals surface area contributed by atoms with E-state index in [9.17, 15) is 18.0 Å². The first kappa shape index (κ1) is 21.5. The highest BCUT2D eigenvalue weighted by atomic mass is 32.2. The van der Waals surface area contributed by atoms with Gasteiger partial charge in [-0.3, -0.25) is 9.59 Å². The maximum absolute atomic E-state index is 12.7. The predicted octanol–water partition coefficient (Wildman–Crippen LogP) is -0.723. The molecule has 0 radical (unpaired) electrons. The van der Waals surface area contributed by atoms with Crippen LogP contribution in [0.1, 0.15) is 13.3 Å². The SMILES string of the molecule is CCC(=O)NCC(=O)N1CCN(c2ccc(S(=O)(=O)N3CCOCC3)cn2)CC1. The largest absolute Gasteiger partial charge is 0.379 e. The molecule has 2 amide bonds. The van der Waals surface area contributed by atoms with Crippen molar-refractivity contribution < 1.29 is 22.7 Å². The molecule has 2 aliphatic heterocycles. The van der Waals surface area contributed by atoms with Crippen LogP contribution in [0.5, 0.6) is 0 Å². The third-order valence-corrected chi connectivity index (χ3v) is 6.93. The van der Waals surface area contributed by atoms with Crippen molar-refractivity contribution in [3.05, 3.63) is 18.3 Å².